The van der Waals surface area contributed by atoms with Crippen molar-refractivity contribution < 1.29 is 34.8 Å². The molecular formula is C24H41N5O7. The molecule has 4 saturated carbocycles. The van der Waals surface area contributed by atoms with Crippen LogP contribution in [0.4, 0.5) is 0 Å². The van der Waals surface area contributed by atoms with Gasteiger partial charge in [0.2, 0.25) is 11.7 Å². The van der Waals surface area contributed by atoms with Crippen LogP contribution >= 0.6 is 0 Å². The van der Waals surface area contributed by atoms with E-state index in [1.807, 2.05) is 0 Å². The molecule has 0 spiro atoms. The van der Waals surface area contributed by atoms with E-state index in [1.54, 1.807) is 0 Å². The van der Waals surface area contributed by atoms with E-state index < -0.39 is 60.6 Å². The van der Waals surface area contributed by atoms with Crippen LogP contribution in [-0.4, -0.2) is 81.3 Å². The van der Waals surface area contributed by atoms with Crippen LogP contribution in [0.2, 0.25) is 0 Å². The Bertz CT molecular complexity index is 829. The number of carboxylic acid groups (broad SMARTS) is 1. The van der Waals surface area contributed by atoms with Crippen LogP contribution in [0.5, 0.6) is 0 Å². The minimum absolute atomic E-state index is 0.445. The lowest BCUT2D eigenvalue weighted by Crippen LogP contribution is -2.64. The molecule has 1 aliphatic heterocycles. The Morgan fingerprint density at radius 2 is 1.69 bits per heavy atom. The van der Waals surface area contributed by atoms with Crippen molar-refractivity contribution in [1.82, 2.24) is 10.6 Å². The molecule has 5 aliphatic rings. The summed E-state index contributed by atoms with van der Waals surface area (Å²) in [4.78, 5) is 22.5. The maximum Gasteiger partial charge on any atom is 0.370 e. The third-order valence-electron chi connectivity index (χ3n) is 8.21. The number of hydrogen-bond acceptors (Lipinski definition) is 8. The molecule has 0 aromatic rings. The lowest BCUT2D eigenvalue weighted by molar-refractivity contribution is -0.146. The summed E-state index contributed by atoms with van der Waals surface area (Å²) in [6.45, 7) is 2.63. The van der Waals surface area contributed by atoms with Gasteiger partial charge in [-0.1, -0.05) is 0 Å². The molecule has 1 heterocycles. The highest BCUT2D eigenvalue weighted by Gasteiger charge is 2.52. The summed E-state index contributed by atoms with van der Waals surface area (Å²) in [6, 6.07) is -1.58. The molecule has 0 radical (unpaired) electrons. The van der Waals surface area contributed by atoms with E-state index in [2.05, 4.69) is 17.6 Å². The predicted molar refractivity (Wildman–Crippen MR) is 130 cm³/mol. The van der Waals surface area contributed by atoms with Gasteiger partial charge >= 0.3 is 5.97 Å². The van der Waals surface area contributed by atoms with Crippen molar-refractivity contribution in [2.24, 2.45) is 34.6 Å². The van der Waals surface area contributed by atoms with Crippen LogP contribution in [0.25, 0.3) is 0 Å². The zero-order valence-corrected chi connectivity index (χ0v) is 20.9. The van der Waals surface area contributed by atoms with Crippen LogP contribution in [0, 0.1) is 28.6 Å². The molecule has 12 heteroatoms. The minimum atomic E-state index is -1.70. The van der Waals surface area contributed by atoms with Gasteiger partial charge in [-0.3, -0.25) is 10.2 Å². The number of carbonyl (C=O) groups is 2. The van der Waals surface area contributed by atoms with E-state index >= 15 is 0 Å². The van der Waals surface area contributed by atoms with E-state index in [9.17, 15) is 19.8 Å². The molecule has 5 rings (SSSR count). The molecule has 36 heavy (non-hydrogen) atoms. The molecule has 0 saturated heterocycles. The van der Waals surface area contributed by atoms with Gasteiger partial charge in [-0.2, -0.15) is 0 Å². The first kappa shape index (κ1) is 28.2. The number of aliphatic carboxylic acids is 1. The van der Waals surface area contributed by atoms with Gasteiger partial charge in [0, 0.05) is 13.0 Å². The Morgan fingerprint density at radius 3 is 2.08 bits per heavy atom. The molecule has 4 fully saturated rings. The van der Waals surface area contributed by atoms with Gasteiger partial charge in [-0.05, 0) is 74.7 Å². The van der Waals surface area contributed by atoms with E-state index in [0.29, 0.717) is 11.5 Å². The lowest BCUT2D eigenvalue weighted by atomic mass is 9.48. The van der Waals surface area contributed by atoms with Crippen molar-refractivity contribution in [2.45, 2.75) is 88.8 Å². The Hall–Kier alpha value is -2.41. The van der Waals surface area contributed by atoms with Crippen LogP contribution in [-0.2, 0) is 14.3 Å². The minimum Gasteiger partial charge on any atom is -0.478 e. The van der Waals surface area contributed by atoms with Crippen LogP contribution < -0.4 is 22.1 Å². The number of nitrogens with one attached hydrogen (secondary N) is 3. The summed E-state index contributed by atoms with van der Waals surface area (Å²) in [5.74, 6) is 0.143. The summed E-state index contributed by atoms with van der Waals surface area (Å²) in [5.41, 5.74) is 12.0. The van der Waals surface area contributed by atoms with Gasteiger partial charge in [-0.25, -0.2) is 4.79 Å². The molecule has 0 aromatic heterocycles. The molecule has 12 nitrogen and oxygen atoms in total. The number of ether oxygens (including phenoxy) is 1. The zero-order chi connectivity index (χ0) is 26.8. The Kier molecular flexibility index (Phi) is 8.86. The molecule has 6 atom stereocenters. The largest absolute Gasteiger partial charge is 0.478 e. The highest BCUT2D eigenvalue weighted by Crippen LogP contribution is 2.60. The number of nitrogens with two attached hydrogens (primary N) is 2. The molecule has 4 aliphatic carbocycles. The predicted octanol–water partition coefficient (Wildman–Crippen LogP) is -1.03. The number of rotatable bonds is 7. The highest BCUT2D eigenvalue weighted by atomic mass is 16.5. The Balaban J connectivity index is 0.000000230. The standard InChI is InChI=1S/C12H20N4O7.C12H21N/c1-4(18)15-8-5(16-12(13)14)2-7(11(21)22)23-10(8)9(20)6(19)3-17;1-8(13)12-5-9-2-10(6-12)4-11(3-9)7-12/h2,5-6,8-10,17,19-20H,3H2,1H3,(H,15,18)(H,21,22)(H4,13,14,16);8-11H,2-7,13H2,1H3/t5-,6+,8+,9+,10+;/m0./s1. The summed E-state index contributed by atoms with van der Waals surface area (Å²) < 4.78 is 5.13. The number of carbonyl (C=O) groups excluding carboxylic acids is 1. The average Bonchev–Trinajstić information content (AvgIpc) is 2.77. The number of amides is 1. The fourth-order valence-corrected chi connectivity index (χ4v) is 6.91. The van der Waals surface area contributed by atoms with Gasteiger partial charge < -0.3 is 47.3 Å². The van der Waals surface area contributed by atoms with Crippen molar-refractivity contribution in [3.05, 3.63) is 11.8 Å². The van der Waals surface area contributed by atoms with Crippen LogP contribution in [0.1, 0.15) is 52.4 Å². The molecule has 11 N–H and O–H groups in total. The molecule has 4 bridgehead atoms. The van der Waals surface area contributed by atoms with Gasteiger partial charge in [-0.15, -0.1) is 0 Å². The molecule has 1 unspecified atom stereocenters. The Morgan fingerprint density at radius 1 is 1.17 bits per heavy atom. The molecule has 0 aromatic carbocycles. The third kappa shape index (κ3) is 6.28. The van der Waals surface area contributed by atoms with Gasteiger partial charge in [0.05, 0.1) is 18.7 Å². The van der Waals surface area contributed by atoms with E-state index in [-0.39, 0.29) is 0 Å². The van der Waals surface area contributed by atoms with Crippen LogP contribution in [0.15, 0.2) is 11.8 Å². The van der Waals surface area contributed by atoms with Gasteiger partial charge in [0.25, 0.3) is 0 Å². The molecular weight excluding hydrogens is 470 g/mol. The Labute approximate surface area is 211 Å². The zero-order valence-electron chi connectivity index (χ0n) is 20.9. The van der Waals surface area contributed by atoms with Crippen molar-refractivity contribution in [2.75, 3.05) is 6.61 Å². The quantitative estimate of drug-likeness (QED) is 0.149. The summed E-state index contributed by atoms with van der Waals surface area (Å²) >= 11 is 0. The summed E-state index contributed by atoms with van der Waals surface area (Å²) in [6.07, 6.45) is 5.33. The lowest BCUT2D eigenvalue weighted by Gasteiger charge is -2.58. The van der Waals surface area contributed by atoms with Gasteiger partial charge in [0.1, 0.15) is 18.3 Å². The van der Waals surface area contributed by atoms with E-state index in [0.717, 1.165) is 23.8 Å². The second-order valence-corrected chi connectivity index (χ2v) is 11.0. The normalized spacial score (nSPS) is 36.8. The van der Waals surface area contributed by atoms with E-state index in [1.165, 1.54) is 45.4 Å². The maximum absolute atomic E-state index is 11.4. The van der Waals surface area contributed by atoms with E-state index in [4.69, 9.17) is 31.8 Å². The highest BCUT2D eigenvalue weighted by molar-refractivity contribution is 5.85. The van der Waals surface area contributed by atoms with Crippen molar-refractivity contribution in [1.29, 1.82) is 5.41 Å². The second kappa shape index (κ2) is 11.3. The van der Waals surface area contributed by atoms with Crippen molar-refractivity contribution in [3.8, 4) is 0 Å². The number of carboxylic acids is 1. The van der Waals surface area contributed by atoms with Crippen molar-refractivity contribution in [3.63, 3.8) is 0 Å². The fourth-order valence-electron chi connectivity index (χ4n) is 6.91. The third-order valence-corrected chi connectivity index (χ3v) is 8.21. The van der Waals surface area contributed by atoms with Gasteiger partial charge in [0.15, 0.2) is 5.96 Å². The fraction of sp³-hybridized carbons (Fsp3) is 0.792. The molecule has 204 valence electrons. The number of aliphatic hydroxyl groups excluding tert-OH is 3. The first-order valence-electron chi connectivity index (χ1n) is 12.6. The first-order valence-corrected chi connectivity index (χ1v) is 12.6. The SMILES string of the molecule is CC(=O)N[C@H]1[C@H]([C@H](O)[C@H](O)CO)OC(C(=O)O)=C[C@@H]1NC(=N)N.CC(N)C12CC3CC(CC(C3)C1)C2. The maximum atomic E-state index is 11.4. The second-order valence-electron chi connectivity index (χ2n) is 11.0. The smallest absolute Gasteiger partial charge is 0.370 e. The monoisotopic (exact) mass is 511 g/mol. The molecule has 1 amide bonds. The summed E-state index contributed by atoms with van der Waals surface area (Å²) in [7, 11) is 0. The van der Waals surface area contributed by atoms with Crippen molar-refractivity contribution >= 4 is 17.8 Å². The first-order chi connectivity index (χ1) is 16.8. The average molecular weight is 512 g/mol. The number of hydrogen-bond donors (Lipinski definition) is 9. The number of aliphatic hydroxyl groups is 3. The van der Waals surface area contributed by atoms with Crippen LogP contribution in [0.3, 0.4) is 0 Å². The summed E-state index contributed by atoms with van der Waals surface area (Å²) in [5, 5.41) is 49.8. The topological polar surface area (TPSA) is 224 Å². The number of guanidine groups is 1.